The van der Waals surface area contributed by atoms with Crippen molar-refractivity contribution < 1.29 is 4.74 Å². The van der Waals surface area contributed by atoms with E-state index in [4.69, 9.17) is 10.6 Å². The van der Waals surface area contributed by atoms with Crippen molar-refractivity contribution in [3.05, 3.63) is 63.1 Å². The lowest BCUT2D eigenvalue weighted by Crippen LogP contribution is -2.29. The van der Waals surface area contributed by atoms with E-state index in [2.05, 4.69) is 53.4 Å². The third kappa shape index (κ3) is 3.03. The molecule has 2 aromatic carbocycles. The van der Waals surface area contributed by atoms with Crippen LogP contribution in [0.4, 0.5) is 0 Å². The molecule has 2 rings (SSSR count). The minimum Gasteiger partial charge on any atom is -0.497 e. The molecule has 0 saturated carbocycles. The van der Waals surface area contributed by atoms with Gasteiger partial charge in [-0.25, -0.2) is 5.43 Å². The van der Waals surface area contributed by atoms with Crippen LogP contribution in [0, 0.1) is 13.8 Å². The van der Waals surface area contributed by atoms with Crippen LogP contribution >= 0.6 is 15.9 Å². The van der Waals surface area contributed by atoms with Gasteiger partial charge < -0.3 is 4.74 Å². The summed E-state index contributed by atoms with van der Waals surface area (Å²) in [5.41, 5.74) is 7.55. The van der Waals surface area contributed by atoms with Crippen LogP contribution in [0.25, 0.3) is 0 Å². The molecule has 1 atom stereocenters. The predicted octanol–water partition coefficient (Wildman–Crippen LogP) is 3.63. The van der Waals surface area contributed by atoms with Gasteiger partial charge in [0.05, 0.1) is 13.2 Å². The molecule has 0 bridgehead atoms. The normalized spacial score (nSPS) is 12.2. The molecule has 1 unspecified atom stereocenters. The second kappa shape index (κ2) is 6.39. The number of hydrogen-bond acceptors (Lipinski definition) is 3. The van der Waals surface area contributed by atoms with E-state index in [1.807, 2.05) is 18.2 Å². The topological polar surface area (TPSA) is 47.3 Å². The van der Waals surface area contributed by atoms with Crippen LogP contribution < -0.4 is 16.0 Å². The zero-order chi connectivity index (χ0) is 14.7. The van der Waals surface area contributed by atoms with Gasteiger partial charge in [-0.3, -0.25) is 5.84 Å². The molecule has 3 N–H and O–H groups in total. The maximum Gasteiger partial charge on any atom is 0.119 e. The second-order valence-corrected chi connectivity index (χ2v) is 5.70. The molecular formula is C16H19BrN2O. The Morgan fingerprint density at radius 2 is 1.85 bits per heavy atom. The summed E-state index contributed by atoms with van der Waals surface area (Å²) in [6.07, 6.45) is 0. The second-order valence-electron chi connectivity index (χ2n) is 4.85. The highest BCUT2D eigenvalue weighted by Gasteiger charge is 2.18. The summed E-state index contributed by atoms with van der Waals surface area (Å²) in [7, 11) is 1.66. The molecule has 3 nitrogen and oxygen atoms in total. The Kier molecular flexibility index (Phi) is 4.81. The third-order valence-electron chi connectivity index (χ3n) is 3.43. The highest BCUT2D eigenvalue weighted by atomic mass is 79.9. The lowest BCUT2D eigenvalue weighted by Gasteiger charge is -2.21. The minimum atomic E-state index is -0.0839. The molecular weight excluding hydrogens is 316 g/mol. The maximum atomic E-state index is 5.80. The van der Waals surface area contributed by atoms with Gasteiger partial charge in [-0.15, -0.1) is 0 Å². The number of nitrogens with one attached hydrogen (secondary N) is 1. The summed E-state index contributed by atoms with van der Waals surface area (Å²) in [5, 5.41) is 0. The highest BCUT2D eigenvalue weighted by Crippen LogP contribution is 2.32. The van der Waals surface area contributed by atoms with E-state index in [1.54, 1.807) is 7.11 Å². The summed E-state index contributed by atoms with van der Waals surface area (Å²) in [5.74, 6) is 6.62. The van der Waals surface area contributed by atoms with Crippen LogP contribution in [0.5, 0.6) is 5.75 Å². The number of nitrogens with two attached hydrogens (primary N) is 1. The van der Waals surface area contributed by atoms with Gasteiger partial charge >= 0.3 is 0 Å². The maximum absolute atomic E-state index is 5.80. The van der Waals surface area contributed by atoms with Gasteiger partial charge in [-0.05, 0) is 48.7 Å². The highest BCUT2D eigenvalue weighted by molar-refractivity contribution is 9.10. The largest absolute Gasteiger partial charge is 0.497 e. The molecule has 106 valence electrons. The number of halogens is 1. The summed E-state index contributed by atoms with van der Waals surface area (Å²) in [6, 6.07) is 12.2. The minimum absolute atomic E-state index is 0.0839. The fourth-order valence-electron chi connectivity index (χ4n) is 2.29. The van der Waals surface area contributed by atoms with E-state index < -0.39 is 0 Å². The smallest absolute Gasteiger partial charge is 0.119 e. The molecule has 2 aromatic rings. The molecule has 20 heavy (non-hydrogen) atoms. The van der Waals surface area contributed by atoms with Crippen LogP contribution in [-0.2, 0) is 0 Å². The predicted molar refractivity (Wildman–Crippen MR) is 85.8 cm³/mol. The molecule has 0 aliphatic rings. The van der Waals surface area contributed by atoms with Crippen LogP contribution in [0.15, 0.2) is 40.9 Å². The number of hydrogen-bond donors (Lipinski definition) is 2. The van der Waals surface area contributed by atoms with Gasteiger partial charge in [-0.1, -0.05) is 39.7 Å². The zero-order valence-corrected chi connectivity index (χ0v) is 13.5. The van der Waals surface area contributed by atoms with Crippen molar-refractivity contribution in [1.29, 1.82) is 0 Å². The van der Waals surface area contributed by atoms with E-state index in [0.717, 1.165) is 15.8 Å². The lowest BCUT2D eigenvalue weighted by atomic mass is 9.94. The van der Waals surface area contributed by atoms with Crippen molar-refractivity contribution in [2.45, 2.75) is 19.9 Å². The van der Waals surface area contributed by atoms with E-state index in [0.29, 0.717) is 0 Å². The number of benzene rings is 2. The van der Waals surface area contributed by atoms with E-state index in [-0.39, 0.29) is 6.04 Å². The van der Waals surface area contributed by atoms with E-state index >= 15 is 0 Å². The van der Waals surface area contributed by atoms with Crippen molar-refractivity contribution in [3.8, 4) is 5.75 Å². The molecule has 0 amide bonds. The van der Waals surface area contributed by atoms with Crippen LogP contribution in [0.3, 0.4) is 0 Å². The Labute approximate surface area is 128 Å². The first-order valence-corrected chi connectivity index (χ1v) is 7.23. The average molecular weight is 335 g/mol. The molecule has 0 fully saturated rings. The van der Waals surface area contributed by atoms with Crippen LogP contribution in [0.2, 0.25) is 0 Å². The van der Waals surface area contributed by atoms with Crippen LogP contribution in [-0.4, -0.2) is 7.11 Å². The van der Waals surface area contributed by atoms with Crippen molar-refractivity contribution in [1.82, 2.24) is 5.43 Å². The summed E-state index contributed by atoms with van der Waals surface area (Å²) >= 11 is 3.59. The number of aryl methyl sites for hydroxylation is 2. The summed E-state index contributed by atoms with van der Waals surface area (Å²) in [4.78, 5) is 0. The van der Waals surface area contributed by atoms with Gasteiger partial charge in [0, 0.05) is 4.47 Å². The molecule has 0 radical (unpaired) electrons. The van der Waals surface area contributed by atoms with Gasteiger partial charge in [0.15, 0.2) is 0 Å². The first-order chi connectivity index (χ1) is 9.56. The average Bonchev–Trinajstić information content (AvgIpc) is 2.45. The van der Waals surface area contributed by atoms with Crippen molar-refractivity contribution in [3.63, 3.8) is 0 Å². The summed E-state index contributed by atoms with van der Waals surface area (Å²) < 4.78 is 6.31. The Morgan fingerprint density at radius 3 is 2.50 bits per heavy atom. The number of hydrazine groups is 1. The molecule has 0 aromatic heterocycles. The van der Waals surface area contributed by atoms with Crippen LogP contribution in [0.1, 0.15) is 28.3 Å². The first-order valence-electron chi connectivity index (χ1n) is 6.43. The monoisotopic (exact) mass is 334 g/mol. The molecule has 0 saturated heterocycles. The number of ether oxygens (including phenoxy) is 1. The molecule has 0 aliphatic carbocycles. The van der Waals surface area contributed by atoms with E-state index in [1.165, 1.54) is 16.7 Å². The molecule has 4 heteroatoms. The van der Waals surface area contributed by atoms with Crippen molar-refractivity contribution >= 4 is 15.9 Å². The SMILES string of the molecule is COc1ccc(Br)c(C(NN)c2cc(C)ccc2C)c1. The lowest BCUT2D eigenvalue weighted by molar-refractivity contribution is 0.413. The van der Waals surface area contributed by atoms with E-state index in [9.17, 15) is 0 Å². The first kappa shape index (κ1) is 15.0. The Bertz CT molecular complexity index is 613. The fraction of sp³-hybridized carbons (Fsp3) is 0.250. The Morgan fingerprint density at radius 1 is 1.10 bits per heavy atom. The molecule has 0 spiro atoms. The number of rotatable bonds is 4. The zero-order valence-electron chi connectivity index (χ0n) is 11.9. The van der Waals surface area contributed by atoms with Gasteiger partial charge in [-0.2, -0.15) is 0 Å². The standard InChI is InChI=1S/C16H19BrN2O/c1-10-4-5-11(2)13(8-10)16(19-18)14-9-12(20-3)6-7-15(14)17/h4-9,16,19H,18H2,1-3H3. The molecule has 0 aliphatic heterocycles. The number of methoxy groups -OCH3 is 1. The quantitative estimate of drug-likeness (QED) is 0.663. The third-order valence-corrected chi connectivity index (χ3v) is 4.15. The molecule has 0 heterocycles. The Balaban J connectivity index is 2.54. The van der Waals surface area contributed by atoms with Gasteiger partial charge in [0.2, 0.25) is 0 Å². The summed E-state index contributed by atoms with van der Waals surface area (Å²) in [6.45, 7) is 4.17. The van der Waals surface area contributed by atoms with Crippen molar-refractivity contribution in [2.75, 3.05) is 7.11 Å². The van der Waals surface area contributed by atoms with Gasteiger partial charge in [0.1, 0.15) is 5.75 Å². The van der Waals surface area contributed by atoms with Gasteiger partial charge in [0.25, 0.3) is 0 Å². The Hall–Kier alpha value is -1.36. The fourth-order valence-corrected chi connectivity index (χ4v) is 2.76. The van der Waals surface area contributed by atoms with Crippen molar-refractivity contribution in [2.24, 2.45) is 5.84 Å².